The van der Waals surface area contributed by atoms with Gasteiger partial charge in [0.25, 0.3) is 0 Å². The first kappa shape index (κ1) is 11.1. The van der Waals surface area contributed by atoms with Gasteiger partial charge in [-0.3, -0.25) is 0 Å². The molecule has 2 rings (SSSR count). The number of aromatic carboxylic acids is 1. The quantitative estimate of drug-likeness (QED) is 0.782. The van der Waals surface area contributed by atoms with Gasteiger partial charge in [-0.25, -0.2) is 0 Å². The third kappa shape index (κ3) is 2.39. The summed E-state index contributed by atoms with van der Waals surface area (Å²) in [6.45, 7) is 1.54. The van der Waals surface area contributed by atoms with Gasteiger partial charge in [0.15, 0.2) is 5.75 Å². The molecule has 0 bridgehead atoms. The predicted molar refractivity (Wildman–Crippen MR) is 57.6 cm³/mol. The summed E-state index contributed by atoms with van der Waals surface area (Å²) in [5.41, 5.74) is 0.183. The summed E-state index contributed by atoms with van der Waals surface area (Å²) in [7, 11) is 0. The van der Waals surface area contributed by atoms with Gasteiger partial charge in [-0.2, -0.15) is 10.2 Å². The summed E-state index contributed by atoms with van der Waals surface area (Å²) in [5.74, 6) is -0.672. The third-order valence-electron chi connectivity index (χ3n) is 2.17. The molecule has 2 aromatic rings. The van der Waals surface area contributed by atoms with Crippen molar-refractivity contribution in [2.24, 2.45) is 0 Å². The molecule has 0 aliphatic carbocycles. The predicted octanol–water partition coefficient (Wildman–Crippen LogP) is 0.941. The van der Waals surface area contributed by atoms with Crippen LogP contribution >= 0.6 is 0 Å². The van der Waals surface area contributed by atoms with Crippen LogP contribution in [-0.4, -0.2) is 16.2 Å². The number of aromatic nitrogens is 2. The molecule has 0 fully saturated rings. The van der Waals surface area contributed by atoms with Crippen LogP contribution in [0.2, 0.25) is 0 Å². The molecule has 0 N–H and O–H groups in total. The molecule has 5 nitrogen and oxygen atoms in total. The van der Waals surface area contributed by atoms with Crippen molar-refractivity contribution in [2.45, 2.75) is 6.92 Å². The molecule has 0 radical (unpaired) electrons. The van der Waals surface area contributed by atoms with Crippen molar-refractivity contribution in [3.63, 3.8) is 0 Å². The minimum Gasteiger partial charge on any atom is -0.545 e. The van der Waals surface area contributed by atoms with Crippen LogP contribution in [-0.2, 0) is 0 Å². The van der Waals surface area contributed by atoms with Crippen molar-refractivity contribution >= 4 is 5.97 Å². The molecule has 17 heavy (non-hydrogen) atoms. The fourth-order valence-electron chi connectivity index (χ4n) is 1.40. The lowest BCUT2D eigenvalue weighted by Crippen LogP contribution is -2.24. The van der Waals surface area contributed by atoms with Crippen molar-refractivity contribution in [1.82, 2.24) is 10.2 Å². The van der Waals surface area contributed by atoms with Crippen LogP contribution in [0, 0.1) is 6.92 Å². The number of carbonyl (C=O) groups excluding carboxylic acids is 1. The number of benzene rings is 1. The molecule has 0 atom stereocenters. The Morgan fingerprint density at radius 1 is 1.29 bits per heavy atom. The summed E-state index contributed by atoms with van der Waals surface area (Å²) in [6.07, 6.45) is 1.26. The standard InChI is InChI=1S/C12H10N2O3/c1-8-11(12(15)16)10(7-13-14-8)17-9-5-3-2-4-6-9/h2-7H,1H3,(H,15,16)/p-1. The zero-order chi connectivity index (χ0) is 12.3. The van der Waals surface area contributed by atoms with Crippen LogP contribution in [0.3, 0.4) is 0 Å². The largest absolute Gasteiger partial charge is 0.545 e. The van der Waals surface area contributed by atoms with Crippen molar-refractivity contribution in [3.05, 3.63) is 47.8 Å². The van der Waals surface area contributed by atoms with E-state index in [2.05, 4.69) is 10.2 Å². The molecule has 0 amide bonds. The average Bonchev–Trinajstić information content (AvgIpc) is 2.30. The van der Waals surface area contributed by atoms with Gasteiger partial charge >= 0.3 is 0 Å². The SMILES string of the molecule is Cc1nncc(Oc2ccccc2)c1C(=O)[O-]. The summed E-state index contributed by atoms with van der Waals surface area (Å²) < 4.78 is 5.43. The number of para-hydroxylation sites is 1. The third-order valence-corrected chi connectivity index (χ3v) is 2.17. The second kappa shape index (κ2) is 4.61. The second-order valence-electron chi connectivity index (χ2n) is 3.37. The Balaban J connectivity index is 2.40. The lowest BCUT2D eigenvalue weighted by molar-refractivity contribution is -0.255. The minimum absolute atomic E-state index is 0.0798. The van der Waals surface area contributed by atoms with Crippen LogP contribution in [0.1, 0.15) is 16.1 Å². The van der Waals surface area contributed by atoms with Gasteiger partial charge in [-0.1, -0.05) is 18.2 Å². The first-order valence-corrected chi connectivity index (χ1v) is 4.95. The van der Waals surface area contributed by atoms with Crippen molar-refractivity contribution in [1.29, 1.82) is 0 Å². The number of hydrogen-bond donors (Lipinski definition) is 0. The van der Waals surface area contributed by atoms with E-state index in [4.69, 9.17) is 4.74 Å². The van der Waals surface area contributed by atoms with Crippen molar-refractivity contribution in [3.8, 4) is 11.5 Å². The molecule has 1 aromatic carbocycles. The highest BCUT2D eigenvalue weighted by atomic mass is 16.5. The summed E-state index contributed by atoms with van der Waals surface area (Å²) >= 11 is 0. The maximum atomic E-state index is 11.0. The number of carbonyl (C=O) groups is 1. The van der Waals surface area contributed by atoms with Gasteiger partial charge in [0.05, 0.1) is 23.4 Å². The zero-order valence-corrected chi connectivity index (χ0v) is 9.08. The number of rotatable bonds is 3. The lowest BCUT2D eigenvalue weighted by atomic mass is 10.2. The first-order valence-electron chi connectivity index (χ1n) is 4.95. The molecule has 86 valence electrons. The fourth-order valence-corrected chi connectivity index (χ4v) is 1.40. The lowest BCUT2D eigenvalue weighted by Gasteiger charge is -2.12. The molecule has 1 heterocycles. The molecule has 5 heteroatoms. The van der Waals surface area contributed by atoms with Crippen LogP contribution in [0.25, 0.3) is 0 Å². The Morgan fingerprint density at radius 3 is 2.65 bits per heavy atom. The minimum atomic E-state index is -1.33. The second-order valence-corrected chi connectivity index (χ2v) is 3.37. The highest BCUT2D eigenvalue weighted by molar-refractivity contribution is 5.90. The van der Waals surface area contributed by atoms with Gasteiger partial charge in [0, 0.05) is 0 Å². The summed E-state index contributed by atoms with van der Waals surface area (Å²) in [6, 6.07) is 8.84. The van der Waals surface area contributed by atoms with Crippen molar-refractivity contribution in [2.75, 3.05) is 0 Å². The Morgan fingerprint density at radius 2 is 2.00 bits per heavy atom. The van der Waals surface area contributed by atoms with E-state index in [1.54, 1.807) is 24.3 Å². The van der Waals surface area contributed by atoms with E-state index < -0.39 is 5.97 Å². The Kier molecular flexibility index (Phi) is 3.00. The van der Waals surface area contributed by atoms with Gasteiger partial charge in [0.1, 0.15) is 5.75 Å². The molecule has 0 spiro atoms. The van der Waals surface area contributed by atoms with Crippen LogP contribution in [0.4, 0.5) is 0 Å². The molecular weight excluding hydrogens is 220 g/mol. The number of nitrogens with zero attached hydrogens (tertiary/aromatic N) is 2. The number of aryl methyl sites for hydroxylation is 1. The molecule has 0 saturated carbocycles. The molecule has 0 unspecified atom stereocenters. The van der Waals surface area contributed by atoms with Crippen molar-refractivity contribution < 1.29 is 14.6 Å². The van der Waals surface area contributed by atoms with E-state index in [0.29, 0.717) is 5.75 Å². The van der Waals surface area contributed by atoms with E-state index in [1.165, 1.54) is 13.1 Å². The van der Waals surface area contributed by atoms with Crippen LogP contribution in [0.5, 0.6) is 11.5 Å². The average molecular weight is 229 g/mol. The number of carboxylic acid groups (broad SMARTS) is 1. The number of carboxylic acids is 1. The number of ether oxygens (including phenoxy) is 1. The first-order chi connectivity index (χ1) is 8.18. The highest BCUT2D eigenvalue weighted by Crippen LogP contribution is 2.24. The molecule has 0 saturated heterocycles. The maximum absolute atomic E-state index is 11.0. The van der Waals surface area contributed by atoms with Gasteiger partial charge < -0.3 is 14.6 Å². The zero-order valence-electron chi connectivity index (χ0n) is 9.08. The highest BCUT2D eigenvalue weighted by Gasteiger charge is 2.10. The van der Waals surface area contributed by atoms with E-state index in [1.807, 2.05) is 6.07 Å². The van der Waals surface area contributed by atoms with Crippen LogP contribution < -0.4 is 9.84 Å². The Hall–Kier alpha value is -2.43. The number of hydrogen-bond acceptors (Lipinski definition) is 5. The van der Waals surface area contributed by atoms with Gasteiger partial charge in [0.2, 0.25) is 0 Å². The summed E-state index contributed by atoms with van der Waals surface area (Å²) in [4.78, 5) is 11.0. The molecule has 0 aliphatic rings. The molecule has 1 aromatic heterocycles. The summed E-state index contributed by atoms with van der Waals surface area (Å²) in [5, 5.41) is 18.3. The monoisotopic (exact) mass is 229 g/mol. The van der Waals surface area contributed by atoms with E-state index >= 15 is 0 Å². The normalized spacial score (nSPS) is 9.94. The van der Waals surface area contributed by atoms with Crippen LogP contribution in [0.15, 0.2) is 36.5 Å². The molecular formula is C12H9N2O3-. The Bertz CT molecular complexity index is 541. The Labute approximate surface area is 97.7 Å². The maximum Gasteiger partial charge on any atom is 0.158 e. The fraction of sp³-hybridized carbons (Fsp3) is 0.0833. The smallest absolute Gasteiger partial charge is 0.158 e. The van der Waals surface area contributed by atoms with E-state index in [9.17, 15) is 9.90 Å². The molecule has 0 aliphatic heterocycles. The van der Waals surface area contributed by atoms with E-state index in [0.717, 1.165) is 0 Å². The van der Waals surface area contributed by atoms with Gasteiger partial charge in [-0.05, 0) is 19.1 Å². The van der Waals surface area contributed by atoms with Gasteiger partial charge in [-0.15, -0.1) is 0 Å². The van der Waals surface area contributed by atoms with E-state index in [-0.39, 0.29) is 17.0 Å². The topological polar surface area (TPSA) is 75.1 Å².